The molecular formula is C13H17Cl2N3O3. The maximum absolute atomic E-state index is 12.3. The van der Waals surface area contributed by atoms with Crippen molar-refractivity contribution in [2.24, 2.45) is 11.7 Å². The summed E-state index contributed by atoms with van der Waals surface area (Å²) in [4.78, 5) is 24.3. The fraction of sp³-hybridized carbons (Fsp3) is 0.462. The lowest BCUT2D eigenvalue weighted by molar-refractivity contribution is -0.384. The number of benzene rings is 1. The molecule has 0 spiro atoms. The summed E-state index contributed by atoms with van der Waals surface area (Å²) in [5.74, 6) is 0.235. The predicted octanol–water partition coefficient (Wildman–Crippen LogP) is 2.48. The third-order valence-electron chi connectivity index (χ3n) is 3.58. The molecule has 1 amide bonds. The maximum Gasteiger partial charge on any atom is 0.271 e. The summed E-state index contributed by atoms with van der Waals surface area (Å²) in [6, 6.07) is 3.97. The van der Waals surface area contributed by atoms with E-state index in [2.05, 4.69) is 0 Å². The number of carbonyl (C=O) groups excluding carboxylic acids is 1. The number of nitro benzene ring substituents is 1. The van der Waals surface area contributed by atoms with E-state index >= 15 is 0 Å². The van der Waals surface area contributed by atoms with Crippen LogP contribution in [0.1, 0.15) is 23.2 Å². The van der Waals surface area contributed by atoms with E-state index in [1.807, 2.05) is 0 Å². The van der Waals surface area contributed by atoms with Gasteiger partial charge < -0.3 is 10.6 Å². The first-order chi connectivity index (χ1) is 9.51. The maximum atomic E-state index is 12.3. The molecule has 21 heavy (non-hydrogen) atoms. The van der Waals surface area contributed by atoms with E-state index in [0.717, 1.165) is 12.8 Å². The van der Waals surface area contributed by atoms with Crippen molar-refractivity contribution in [1.82, 2.24) is 4.90 Å². The van der Waals surface area contributed by atoms with Crippen LogP contribution in [0.15, 0.2) is 18.2 Å². The van der Waals surface area contributed by atoms with Gasteiger partial charge in [0.15, 0.2) is 0 Å². The van der Waals surface area contributed by atoms with Gasteiger partial charge in [-0.3, -0.25) is 14.9 Å². The first kappa shape index (κ1) is 17.7. The van der Waals surface area contributed by atoms with E-state index in [9.17, 15) is 14.9 Å². The lowest BCUT2D eigenvalue weighted by Gasteiger charge is -2.31. The molecule has 1 saturated heterocycles. The smallest absolute Gasteiger partial charge is 0.271 e. The second-order valence-corrected chi connectivity index (χ2v) is 5.36. The molecule has 6 nitrogen and oxygen atoms in total. The highest BCUT2D eigenvalue weighted by molar-refractivity contribution is 6.31. The van der Waals surface area contributed by atoms with Crippen LogP contribution < -0.4 is 5.73 Å². The SMILES string of the molecule is Cl.NCC1CCN(C(=O)c2cc(Cl)cc([N+](=O)[O-])c2)CC1. The number of nitrogens with two attached hydrogens (primary N) is 1. The highest BCUT2D eigenvalue weighted by atomic mass is 35.5. The van der Waals surface area contributed by atoms with Gasteiger partial charge in [0.1, 0.15) is 0 Å². The third-order valence-corrected chi connectivity index (χ3v) is 3.79. The Kier molecular flexibility index (Phi) is 6.39. The summed E-state index contributed by atoms with van der Waals surface area (Å²) < 4.78 is 0. The van der Waals surface area contributed by atoms with Crippen molar-refractivity contribution < 1.29 is 9.72 Å². The summed E-state index contributed by atoms with van der Waals surface area (Å²) in [5.41, 5.74) is 5.70. The molecule has 1 heterocycles. The van der Waals surface area contributed by atoms with E-state index in [1.54, 1.807) is 4.90 Å². The zero-order chi connectivity index (χ0) is 14.7. The molecule has 0 aromatic heterocycles. The standard InChI is InChI=1S/C13H16ClN3O3.ClH/c14-11-5-10(6-12(7-11)17(19)20)13(18)16-3-1-9(8-15)2-4-16;/h5-7,9H,1-4,8,15H2;1H. The molecular weight excluding hydrogens is 317 g/mol. The van der Waals surface area contributed by atoms with Gasteiger partial charge in [-0.15, -0.1) is 12.4 Å². The molecule has 0 unspecified atom stereocenters. The van der Waals surface area contributed by atoms with E-state index in [-0.39, 0.29) is 34.6 Å². The van der Waals surface area contributed by atoms with Crippen molar-refractivity contribution >= 4 is 35.6 Å². The Morgan fingerprint density at radius 1 is 1.38 bits per heavy atom. The average Bonchev–Trinajstić information content (AvgIpc) is 2.46. The van der Waals surface area contributed by atoms with Gasteiger partial charge in [-0.05, 0) is 31.4 Å². The number of rotatable bonds is 3. The number of likely N-dealkylation sites (tertiary alicyclic amines) is 1. The molecule has 116 valence electrons. The van der Waals surface area contributed by atoms with Gasteiger partial charge in [-0.25, -0.2) is 0 Å². The Bertz CT molecular complexity index is 531. The summed E-state index contributed by atoms with van der Waals surface area (Å²) in [6.45, 7) is 1.88. The Hall–Kier alpha value is -1.37. The summed E-state index contributed by atoms with van der Waals surface area (Å²) >= 11 is 5.83. The molecule has 0 radical (unpaired) electrons. The van der Waals surface area contributed by atoms with Gasteiger partial charge in [0.05, 0.1) is 4.92 Å². The van der Waals surface area contributed by atoms with Crippen LogP contribution in [0.3, 0.4) is 0 Å². The molecule has 1 fully saturated rings. The summed E-state index contributed by atoms with van der Waals surface area (Å²) in [7, 11) is 0. The van der Waals surface area contributed by atoms with Crippen molar-refractivity contribution in [3.8, 4) is 0 Å². The van der Waals surface area contributed by atoms with Gasteiger partial charge in [0, 0.05) is 35.8 Å². The Morgan fingerprint density at radius 3 is 2.52 bits per heavy atom. The quantitative estimate of drug-likeness (QED) is 0.679. The molecule has 0 saturated carbocycles. The largest absolute Gasteiger partial charge is 0.339 e. The van der Waals surface area contributed by atoms with Crippen LogP contribution in [0, 0.1) is 16.0 Å². The molecule has 2 N–H and O–H groups in total. The van der Waals surface area contributed by atoms with Crippen molar-refractivity contribution in [2.75, 3.05) is 19.6 Å². The topological polar surface area (TPSA) is 89.5 Å². The number of non-ortho nitro benzene ring substituents is 1. The number of carbonyl (C=O) groups is 1. The van der Waals surface area contributed by atoms with Crippen LogP contribution in [0.4, 0.5) is 5.69 Å². The van der Waals surface area contributed by atoms with Crippen LogP contribution >= 0.6 is 24.0 Å². The lowest BCUT2D eigenvalue weighted by atomic mass is 9.96. The second kappa shape index (κ2) is 7.59. The molecule has 8 heteroatoms. The molecule has 2 rings (SSSR count). The summed E-state index contributed by atoms with van der Waals surface area (Å²) in [6.07, 6.45) is 1.73. The van der Waals surface area contributed by atoms with E-state index in [1.165, 1.54) is 18.2 Å². The van der Waals surface area contributed by atoms with Crippen molar-refractivity contribution in [1.29, 1.82) is 0 Å². The average molecular weight is 334 g/mol. The zero-order valence-corrected chi connectivity index (χ0v) is 12.9. The first-order valence-corrected chi connectivity index (χ1v) is 6.83. The zero-order valence-electron chi connectivity index (χ0n) is 11.3. The number of piperidine rings is 1. The molecule has 0 aliphatic carbocycles. The van der Waals surface area contributed by atoms with Crippen LogP contribution in [-0.4, -0.2) is 35.4 Å². The monoisotopic (exact) mass is 333 g/mol. The minimum Gasteiger partial charge on any atom is -0.339 e. The first-order valence-electron chi connectivity index (χ1n) is 6.45. The fourth-order valence-corrected chi connectivity index (χ4v) is 2.59. The van der Waals surface area contributed by atoms with Crippen molar-refractivity contribution in [3.63, 3.8) is 0 Å². The number of halogens is 2. The second-order valence-electron chi connectivity index (χ2n) is 4.93. The lowest BCUT2D eigenvalue weighted by Crippen LogP contribution is -2.40. The van der Waals surface area contributed by atoms with Gasteiger partial charge >= 0.3 is 0 Å². The number of amides is 1. The third kappa shape index (κ3) is 4.30. The Morgan fingerprint density at radius 2 is 2.00 bits per heavy atom. The van der Waals surface area contributed by atoms with E-state index in [0.29, 0.717) is 25.6 Å². The van der Waals surface area contributed by atoms with Gasteiger partial charge in [-0.2, -0.15) is 0 Å². The molecule has 1 aliphatic rings. The van der Waals surface area contributed by atoms with Gasteiger partial charge in [0.25, 0.3) is 11.6 Å². The number of hydrogen-bond acceptors (Lipinski definition) is 4. The Balaban J connectivity index is 0.00000220. The van der Waals surface area contributed by atoms with Crippen LogP contribution in [0.25, 0.3) is 0 Å². The molecule has 1 aliphatic heterocycles. The van der Waals surface area contributed by atoms with Crippen molar-refractivity contribution in [3.05, 3.63) is 38.9 Å². The highest BCUT2D eigenvalue weighted by Crippen LogP contribution is 2.24. The van der Waals surface area contributed by atoms with Crippen LogP contribution in [0.5, 0.6) is 0 Å². The van der Waals surface area contributed by atoms with E-state index in [4.69, 9.17) is 17.3 Å². The molecule has 1 aromatic rings. The fourth-order valence-electron chi connectivity index (χ4n) is 2.36. The number of hydrogen-bond donors (Lipinski definition) is 1. The molecule has 1 aromatic carbocycles. The van der Waals surface area contributed by atoms with Crippen LogP contribution in [0.2, 0.25) is 5.02 Å². The van der Waals surface area contributed by atoms with Crippen molar-refractivity contribution in [2.45, 2.75) is 12.8 Å². The normalized spacial score (nSPS) is 15.4. The number of nitrogens with zero attached hydrogens (tertiary/aromatic N) is 2. The summed E-state index contributed by atoms with van der Waals surface area (Å²) in [5, 5.41) is 11.0. The minimum absolute atomic E-state index is 0. The predicted molar refractivity (Wildman–Crippen MR) is 83.0 cm³/mol. The van der Waals surface area contributed by atoms with E-state index < -0.39 is 4.92 Å². The number of nitro groups is 1. The highest BCUT2D eigenvalue weighted by Gasteiger charge is 2.24. The molecule has 0 atom stereocenters. The van der Waals surface area contributed by atoms with Gasteiger partial charge in [-0.1, -0.05) is 11.6 Å². The minimum atomic E-state index is -0.552. The van der Waals surface area contributed by atoms with Gasteiger partial charge in [0.2, 0.25) is 0 Å². The van der Waals surface area contributed by atoms with Crippen LogP contribution in [-0.2, 0) is 0 Å². The molecule has 0 bridgehead atoms. The Labute approximate surface area is 133 Å².